The number of nitrogens with one attached hydrogen (secondary N) is 1. The summed E-state index contributed by atoms with van der Waals surface area (Å²) in [5, 5.41) is 1.10. The van der Waals surface area contributed by atoms with Gasteiger partial charge in [-0.3, -0.25) is 9.59 Å². The lowest BCUT2D eigenvalue weighted by atomic mass is 9.98. The van der Waals surface area contributed by atoms with Crippen molar-refractivity contribution in [3.63, 3.8) is 0 Å². The summed E-state index contributed by atoms with van der Waals surface area (Å²) in [4.78, 5) is 33.9. The molecule has 1 N–H and O–H groups in total. The minimum Gasteiger partial charge on any atom is -0.337 e. The molecule has 0 saturated carbocycles. The number of aromatic nitrogens is 2. The molecule has 21 heavy (non-hydrogen) atoms. The van der Waals surface area contributed by atoms with Gasteiger partial charge < -0.3 is 9.88 Å². The van der Waals surface area contributed by atoms with Gasteiger partial charge in [-0.15, -0.1) is 11.3 Å². The maximum Gasteiger partial charge on any atom is 0.270 e. The highest BCUT2D eigenvalue weighted by atomic mass is 32.1. The van der Waals surface area contributed by atoms with Gasteiger partial charge in [-0.2, -0.15) is 0 Å². The first-order valence-electron chi connectivity index (χ1n) is 7.04. The van der Waals surface area contributed by atoms with E-state index in [0.717, 1.165) is 24.4 Å². The molecule has 1 aliphatic rings. The van der Waals surface area contributed by atoms with Gasteiger partial charge in [-0.25, -0.2) is 4.98 Å². The van der Waals surface area contributed by atoms with Crippen molar-refractivity contribution < 1.29 is 4.79 Å². The van der Waals surface area contributed by atoms with Crippen LogP contribution < -0.4 is 5.56 Å². The lowest BCUT2D eigenvalue weighted by Crippen LogP contribution is -2.39. The molecule has 2 aromatic rings. The number of thiazole rings is 1. The number of nitrogens with zero attached hydrogens (tertiary/aromatic N) is 2. The van der Waals surface area contributed by atoms with E-state index in [4.69, 9.17) is 0 Å². The van der Waals surface area contributed by atoms with Gasteiger partial charge in [0.2, 0.25) is 5.56 Å². The normalized spacial score (nSPS) is 18.7. The molecule has 0 unspecified atom stereocenters. The standard InChI is InChI=1S/C15H17N3O2S/c1-10-8-16-14(21-10)11-4-3-7-18(9-11)15(20)12-5-2-6-13(19)17-12/h2,5-6,8,11H,3-4,7,9H2,1H3,(H,17,19)/t11-/m1/s1. The minimum absolute atomic E-state index is 0.106. The molecule has 6 heteroatoms. The molecular formula is C15H17N3O2S. The summed E-state index contributed by atoms with van der Waals surface area (Å²) >= 11 is 1.70. The van der Waals surface area contributed by atoms with E-state index in [1.807, 2.05) is 18.0 Å². The Hall–Kier alpha value is -1.95. The number of carbonyl (C=O) groups is 1. The SMILES string of the molecule is Cc1cnc([C@@H]2CCCN(C(=O)c3cccc(=O)[nH]3)C2)s1. The number of hydrogen-bond acceptors (Lipinski definition) is 4. The van der Waals surface area contributed by atoms with Crippen molar-refractivity contribution in [1.82, 2.24) is 14.9 Å². The monoisotopic (exact) mass is 303 g/mol. The van der Waals surface area contributed by atoms with Crippen molar-refractivity contribution in [2.24, 2.45) is 0 Å². The number of aromatic amines is 1. The second-order valence-electron chi connectivity index (χ2n) is 5.33. The van der Waals surface area contributed by atoms with Gasteiger partial charge in [0.15, 0.2) is 0 Å². The Morgan fingerprint density at radius 3 is 3.05 bits per heavy atom. The molecule has 1 saturated heterocycles. The number of piperidine rings is 1. The first-order chi connectivity index (χ1) is 10.1. The first-order valence-corrected chi connectivity index (χ1v) is 7.86. The van der Waals surface area contributed by atoms with Gasteiger partial charge in [-0.1, -0.05) is 6.07 Å². The van der Waals surface area contributed by atoms with E-state index in [1.54, 1.807) is 23.5 Å². The van der Waals surface area contributed by atoms with Crippen LogP contribution in [0.25, 0.3) is 0 Å². The summed E-state index contributed by atoms with van der Waals surface area (Å²) < 4.78 is 0. The van der Waals surface area contributed by atoms with Crippen LogP contribution in [0, 0.1) is 6.92 Å². The molecule has 0 bridgehead atoms. The van der Waals surface area contributed by atoms with Gasteiger partial charge >= 0.3 is 0 Å². The van der Waals surface area contributed by atoms with E-state index in [2.05, 4.69) is 9.97 Å². The molecule has 0 radical (unpaired) electrons. The Kier molecular flexibility index (Phi) is 3.88. The molecular weight excluding hydrogens is 286 g/mol. The van der Waals surface area contributed by atoms with E-state index < -0.39 is 0 Å². The van der Waals surface area contributed by atoms with Crippen LogP contribution in [0.1, 0.15) is 39.1 Å². The summed E-state index contributed by atoms with van der Waals surface area (Å²) in [7, 11) is 0. The van der Waals surface area contributed by atoms with Crippen LogP contribution in [0.3, 0.4) is 0 Å². The number of pyridine rings is 1. The Morgan fingerprint density at radius 2 is 2.33 bits per heavy atom. The Balaban J connectivity index is 1.77. The molecule has 1 fully saturated rings. The van der Waals surface area contributed by atoms with E-state index >= 15 is 0 Å². The summed E-state index contributed by atoms with van der Waals surface area (Å²) in [6, 6.07) is 4.67. The number of amides is 1. The van der Waals surface area contributed by atoms with Crippen LogP contribution in [-0.4, -0.2) is 33.9 Å². The van der Waals surface area contributed by atoms with Crippen molar-refractivity contribution >= 4 is 17.2 Å². The maximum absolute atomic E-state index is 12.5. The fourth-order valence-electron chi connectivity index (χ4n) is 2.67. The molecule has 1 atom stereocenters. The molecule has 1 aliphatic heterocycles. The van der Waals surface area contributed by atoms with Crippen LogP contribution in [0.2, 0.25) is 0 Å². The minimum atomic E-state index is -0.245. The molecule has 0 spiro atoms. The summed E-state index contributed by atoms with van der Waals surface area (Å²) in [6.07, 6.45) is 3.91. The van der Waals surface area contributed by atoms with Gasteiger partial charge in [0, 0.05) is 36.1 Å². The average molecular weight is 303 g/mol. The van der Waals surface area contributed by atoms with Crippen molar-refractivity contribution in [3.05, 3.63) is 50.3 Å². The zero-order valence-electron chi connectivity index (χ0n) is 11.8. The van der Waals surface area contributed by atoms with Crippen molar-refractivity contribution in [3.8, 4) is 0 Å². The van der Waals surface area contributed by atoms with Gasteiger partial charge in [0.05, 0.1) is 5.01 Å². The Bertz CT molecular complexity index is 707. The fraction of sp³-hybridized carbons (Fsp3) is 0.400. The van der Waals surface area contributed by atoms with E-state index in [-0.39, 0.29) is 11.5 Å². The van der Waals surface area contributed by atoms with E-state index in [9.17, 15) is 9.59 Å². The van der Waals surface area contributed by atoms with Crippen LogP contribution in [-0.2, 0) is 0 Å². The number of carbonyl (C=O) groups excluding carboxylic acids is 1. The molecule has 0 aliphatic carbocycles. The number of aryl methyl sites for hydroxylation is 1. The van der Waals surface area contributed by atoms with Gasteiger partial charge in [0.25, 0.3) is 5.91 Å². The lowest BCUT2D eigenvalue weighted by molar-refractivity contribution is 0.0701. The number of rotatable bonds is 2. The third kappa shape index (κ3) is 3.05. The van der Waals surface area contributed by atoms with Crippen molar-refractivity contribution in [2.75, 3.05) is 13.1 Å². The van der Waals surface area contributed by atoms with Crippen LogP contribution in [0.15, 0.2) is 29.2 Å². The number of H-pyrrole nitrogens is 1. The first kappa shape index (κ1) is 14.0. The van der Waals surface area contributed by atoms with E-state index in [1.165, 1.54) is 10.9 Å². The molecule has 0 aromatic carbocycles. The Morgan fingerprint density at radius 1 is 1.48 bits per heavy atom. The smallest absolute Gasteiger partial charge is 0.270 e. The third-order valence-corrected chi connectivity index (χ3v) is 4.77. The van der Waals surface area contributed by atoms with E-state index in [0.29, 0.717) is 18.2 Å². The van der Waals surface area contributed by atoms with Crippen molar-refractivity contribution in [1.29, 1.82) is 0 Å². The molecule has 3 rings (SSSR count). The quantitative estimate of drug-likeness (QED) is 0.924. The third-order valence-electron chi connectivity index (χ3n) is 3.70. The molecule has 5 nitrogen and oxygen atoms in total. The van der Waals surface area contributed by atoms with Gasteiger partial charge in [-0.05, 0) is 25.8 Å². The van der Waals surface area contributed by atoms with Crippen LogP contribution in [0.5, 0.6) is 0 Å². The fourth-order valence-corrected chi connectivity index (χ4v) is 3.57. The second kappa shape index (κ2) is 5.81. The molecule has 2 aromatic heterocycles. The summed E-state index contributed by atoms with van der Waals surface area (Å²) in [5.74, 6) is 0.197. The van der Waals surface area contributed by atoms with Crippen LogP contribution in [0.4, 0.5) is 0 Å². The van der Waals surface area contributed by atoms with Crippen molar-refractivity contribution in [2.45, 2.75) is 25.7 Å². The predicted molar refractivity (Wildman–Crippen MR) is 81.8 cm³/mol. The molecule has 3 heterocycles. The average Bonchev–Trinajstić information content (AvgIpc) is 2.93. The summed E-state index contributed by atoms with van der Waals surface area (Å²) in [6.45, 7) is 3.45. The number of likely N-dealkylation sites (tertiary alicyclic amines) is 1. The summed E-state index contributed by atoms with van der Waals surface area (Å²) in [5.41, 5.74) is 0.114. The Labute approximate surface area is 126 Å². The zero-order chi connectivity index (χ0) is 14.8. The second-order valence-corrected chi connectivity index (χ2v) is 6.59. The topological polar surface area (TPSA) is 66.1 Å². The maximum atomic E-state index is 12.5. The number of hydrogen-bond donors (Lipinski definition) is 1. The predicted octanol–water partition coefficient (Wildman–Crippen LogP) is 2.16. The van der Waals surface area contributed by atoms with Crippen LogP contribution >= 0.6 is 11.3 Å². The lowest BCUT2D eigenvalue weighted by Gasteiger charge is -2.31. The highest BCUT2D eigenvalue weighted by molar-refractivity contribution is 7.11. The highest BCUT2D eigenvalue weighted by Gasteiger charge is 2.27. The van der Waals surface area contributed by atoms with Gasteiger partial charge in [0.1, 0.15) is 5.69 Å². The highest BCUT2D eigenvalue weighted by Crippen LogP contribution is 2.30. The largest absolute Gasteiger partial charge is 0.337 e. The molecule has 110 valence electrons. The molecule has 1 amide bonds. The zero-order valence-corrected chi connectivity index (χ0v) is 12.7.